The van der Waals surface area contributed by atoms with Crippen molar-refractivity contribution in [3.63, 3.8) is 0 Å². The maximum atomic E-state index is 11.9. The minimum atomic E-state index is -0.649. The van der Waals surface area contributed by atoms with Crippen LogP contribution in [-0.4, -0.2) is 0 Å². The van der Waals surface area contributed by atoms with Crippen LogP contribution in [0.5, 0.6) is 0 Å². The van der Waals surface area contributed by atoms with Gasteiger partial charge in [0.2, 0.25) is 0 Å². The van der Waals surface area contributed by atoms with Crippen molar-refractivity contribution in [1.29, 1.82) is 5.26 Å². The summed E-state index contributed by atoms with van der Waals surface area (Å²) in [7, 11) is 0. The summed E-state index contributed by atoms with van der Waals surface area (Å²) >= 11 is 0. The average molecular weight is 262 g/mol. The summed E-state index contributed by atoms with van der Waals surface area (Å²) < 4.78 is 5.17. The van der Waals surface area contributed by atoms with E-state index in [-0.39, 0.29) is 5.56 Å². The van der Waals surface area contributed by atoms with Gasteiger partial charge in [0.15, 0.2) is 0 Å². The molecule has 0 aliphatic carbocycles. The minimum Gasteiger partial charge on any atom is -0.422 e. The number of nitrogen functional groups attached to an aromatic ring is 1. The predicted molar refractivity (Wildman–Crippen MR) is 77.0 cm³/mol. The average Bonchev–Trinajstić information content (AvgIpc) is 2.46. The molecule has 0 bridgehead atoms. The third-order valence-corrected chi connectivity index (χ3v) is 3.11. The second-order valence-corrected chi connectivity index (χ2v) is 4.37. The highest BCUT2D eigenvalue weighted by molar-refractivity contribution is 5.97. The maximum absolute atomic E-state index is 11.9. The van der Waals surface area contributed by atoms with Gasteiger partial charge in [0.1, 0.15) is 17.2 Å². The van der Waals surface area contributed by atoms with E-state index >= 15 is 0 Å². The number of nitriles is 1. The smallest absolute Gasteiger partial charge is 0.354 e. The molecule has 1 aromatic heterocycles. The molecule has 1 heterocycles. The van der Waals surface area contributed by atoms with Crippen LogP contribution in [0.15, 0.2) is 57.7 Å². The first-order valence-electron chi connectivity index (χ1n) is 6.02. The van der Waals surface area contributed by atoms with Gasteiger partial charge in [-0.3, -0.25) is 0 Å². The number of nitrogens with two attached hydrogens (primary N) is 1. The molecule has 96 valence electrons. The lowest BCUT2D eigenvalue weighted by Gasteiger charge is -2.08. The lowest BCUT2D eigenvalue weighted by atomic mass is 9.97. The van der Waals surface area contributed by atoms with Gasteiger partial charge >= 0.3 is 5.63 Å². The lowest BCUT2D eigenvalue weighted by molar-refractivity contribution is 0.559. The van der Waals surface area contributed by atoms with Crippen molar-refractivity contribution in [3.8, 4) is 17.2 Å². The Morgan fingerprint density at radius 3 is 2.55 bits per heavy atom. The molecule has 4 heteroatoms. The van der Waals surface area contributed by atoms with Crippen LogP contribution >= 0.6 is 0 Å². The Morgan fingerprint density at radius 2 is 1.85 bits per heavy atom. The molecule has 2 aromatic carbocycles. The van der Waals surface area contributed by atoms with Crippen LogP contribution in [0.4, 0.5) is 5.69 Å². The number of anilines is 1. The van der Waals surface area contributed by atoms with Gasteiger partial charge in [0.05, 0.1) is 0 Å². The predicted octanol–water partition coefficient (Wildman–Crippen LogP) is 2.91. The molecule has 0 amide bonds. The van der Waals surface area contributed by atoms with E-state index in [1.165, 1.54) is 0 Å². The third-order valence-electron chi connectivity index (χ3n) is 3.11. The van der Waals surface area contributed by atoms with Gasteiger partial charge in [-0.25, -0.2) is 4.79 Å². The minimum absolute atomic E-state index is 0.00784. The van der Waals surface area contributed by atoms with Crippen molar-refractivity contribution in [2.45, 2.75) is 0 Å². The molecule has 20 heavy (non-hydrogen) atoms. The zero-order chi connectivity index (χ0) is 14.1. The number of hydrogen-bond acceptors (Lipinski definition) is 4. The summed E-state index contributed by atoms with van der Waals surface area (Å²) in [6.07, 6.45) is 0. The Hall–Kier alpha value is -3.06. The molecule has 0 aliphatic rings. The number of rotatable bonds is 1. The van der Waals surface area contributed by atoms with Crippen molar-refractivity contribution < 1.29 is 4.42 Å². The van der Waals surface area contributed by atoms with E-state index in [0.717, 1.165) is 5.56 Å². The summed E-state index contributed by atoms with van der Waals surface area (Å²) in [4.78, 5) is 11.9. The van der Waals surface area contributed by atoms with Gasteiger partial charge in [-0.1, -0.05) is 30.3 Å². The first-order valence-corrected chi connectivity index (χ1v) is 6.02. The van der Waals surface area contributed by atoms with Crippen molar-refractivity contribution in [2.75, 3.05) is 5.73 Å². The second-order valence-electron chi connectivity index (χ2n) is 4.37. The van der Waals surface area contributed by atoms with E-state index < -0.39 is 5.63 Å². The monoisotopic (exact) mass is 262 g/mol. The molecule has 0 fully saturated rings. The first-order chi connectivity index (χ1) is 9.70. The van der Waals surface area contributed by atoms with Crippen LogP contribution in [-0.2, 0) is 0 Å². The Bertz CT molecular complexity index is 890. The van der Waals surface area contributed by atoms with Gasteiger partial charge in [0, 0.05) is 22.7 Å². The highest BCUT2D eigenvalue weighted by Gasteiger charge is 2.15. The SMILES string of the molecule is N#Cc1c(-c2ccccc2)c2ccc(N)cc2oc1=O. The summed E-state index contributed by atoms with van der Waals surface area (Å²) in [5.74, 6) is 0. The van der Waals surface area contributed by atoms with Gasteiger partial charge in [-0.2, -0.15) is 5.26 Å². The molecule has 0 aliphatic heterocycles. The lowest BCUT2D eigenvalue weighted by Crippen LogP contribution is -2.06. The molecule has 4 nitrogen and oxygen atoms in total. The Balaban J connectivity index is 2.51. The Morgan fingerprint density at radius 1 is 1.10 bits per heavy atom. The fourth-order valence-electron chi connectivity index (χ4n) is 2.22. The van der Waals surface area contributed by atoms with Crippen LogP contribution < -0.4 is 11.4 Å². The second kappa shape index (κ2) is 4.56. The van der Waals surface area contributed by atoms with E-state index in [2.05, 4.69) is 0 Å². The van der Waals surface area contributed by atoms with Gasteiger partial charge in [-0.05, 0) is 17.7 Å². The highest BCUT2D eigenvalue weighted by atomic mass is 16.4. The van der Waals surface area contributed by atoms with Crippen LogP contribution in [0, 0.1) is 11.3 Å². The first kappa shape index (κ1) is 12.0. The molecule has 2 N–H and O–H groups in total. The summed E-state index contributed by atoms with van der Waals surface area (Å²) in [6.45, 7) is 0. The van der Waals surface area contributed by atoms with Crippen molar-refractivity contribution in [1.82, 2.24) is 0 Å². The zero-order valence-electron chi connectivity index (χ0n) is 10.5. The molecule has 0 unspecified atom stereocenters. The molecular weight excluding hydrogens is 252 g/mol. The Kier molecular flexibility index (Phi) is 2.73. The molecule has 3 aromatic rings. The summed E-state index contributed by atoms with van der Waals surface area (Å²) in [6, 6.07) is 16.3. The Labute approximate surface area is 114 Å². The largest absolute Gasteiger partial charge is 0.422 e. The molecular formula is C16H10N2O2. The molecule has 3 rings (SSSR count). The van der Waals surface area contributed by atoms with Crippen molar-refractivity contribution >= 4 is 16.7 Å². The zero-order valence-corrected chi connectivity index (χ0v) is 10.5. The number of hydrogen-bond donors (Lipinski definition) is 1. The van der Waals surface area contributed by atoms with Crippen molar-refractivity contribution in [2.24, 2.45) is 0 Å². The van der Waals surface area contributed by atoms with E-state index in [1.807, 2.05) is 36.4 Å². The molecule has 0 saturated heterocycles. The van der Waals surface area contributed by atoms with Crippen LogP contribution in [0.1, 0.15) is 5.56 Å². The summed E-state index contributed by atoms with van der Waals surface area (Å²) in [5.41, 5.74) is 7.33. The topological polar surface area (TPSA) is 80.0 Å². The van der Waals surface area contributed by atoms with E-state index in [0.29, 0.717) is 22.2 Å². The van der Waals surface area contributed by atoms with Crippen molar-refractivity contribution in [3.05, 3.63) is 64.5 Å². The highest BCUT2D eigenvalue weighted by Crippen LogP contribution is 2.30. The molecule has 0 saturated carbocycles. The fourth-order valence-corrected chi connectivity index (χ4v) is 2.22. The number of fused-ring (bicyclic) bond motifs is 1. The fraction of sp³-hybridized carbons (Fsp3) is 0. The van der Waals surface area contributed by atoms with E-state index in [9.17, 15) is 10.1 Å². The molecule has 0 radical (unpaired) electrons. The quantitative estimate of drug-likeness (QED) is 0.540. The number of nitrogens with zero attached hydrogens (tertiary/aromatic N) is 1. The third kappa shape index (κ3) is 1.82. The van der Waals surface area contributed by atoms with Crippen LogP contribution in [0.3, 0.4) is 0 Å². The summed E-state index contributed by atoms with van der Waals surface area (Å²) in [5, 5.41) is 9.94. The maximum Gasteiger partial charge on any atom is 0.354 e. The molecule has 0 atom stereocenters. The van der Waals surface area contributed by atoms with E-state index in [4.69, 9.17) is 10.2 Å². The van der Waals surface area contributed by atoms with Gasteiger partial charge in [-0.15, -0.1) is 0 Å². The van der Waals surface area contributed by atoms with Crippen LogP contribution in [0.2, 0.25) is 0 Å². The standard InChI is InChI=1S/C16H10N2O2/c17-9-13-15(10-4-2-1-3-5-10)12-7-6-11(18)8-14(12)20-16(13)19/h1-8H,18H2. The molecule has 0 spiro atoms. The van der Waals surface area contributed by atoms with Gasteiger partial charge in [0.25, 0.3) is 0 Å². The van der Waals surface area contributed by atoms with Crippen LogP contribution in [0.25, 0.3) is 22.1 Å². The van der Waals surface area contributed by atoms with Gasteiger partial charge < -0.3 is 10.2 Å². The normalized spacial score (nSPS) is 10.3. The number of benzene rings is 2. The van der Waals surface area contributed by atoms with E-state index in [1.54, 1.807) is 18.2 Å².